The zero-order valence-corrected chi connectivity index (χ0v) is 12.4. The van der Waals surface area contributed by atoms with Gasteiger partial charge in [0.2, 0.25) is 5.90 Å². The van der Waals surface area contributed by atoms with E-state index in [4.69, 9.17) is 4.74 Å². The highest BCUT2D eigenvalue weighted by molar-refractivity contribution is 6.13. The van der Waals surface area contributed by atoms with E-state index < -0.39 is 5.97 Å². The summed E-state index contributed by atoms with van der Waals surface area (Å²) < 4.78 is 6.97. The van der Waals surface area contributed by atoms with Crippen molar-refractivity contribution in [3.63, 3.8) is 0 Å². The summed E-state index contributed by atoms with van der Waals surface area (Å²) in [5, 5.41) is 6.28. The molecule has 3 aromatic rings. The number of benzene rings is 2. The van der Waals surface area contributed by atoms with E-state index in [1.54, 1.807) is 17.0 Å². The Hall–Kier alpha value is -3.21. The van der Waals surface area contributed by atoms with Crippen LogP contribution in [0.4, 0.5) is 0 Å². The summed E-state index contributed by atoms with van der Waals surface area (Å²) in [6.45, 7) is 0. The molecular weight excluding hydrogens is 290 g/mol. The number of fused-ring (bicyclic) bond motifs is 1. The maximum Gasteiger partial charge on any atom is 0.363 e. The number of ether oxygens (including phenoxy) is 1. The Morgan fingerprint density at radius 1 is 1.13 bits per heavy atom. The molecular formula is C18H13N3O2. The van der Waals surface area contributed by atoms with Crippen molar-refractivity contribution in [2.45, 2.75) is 0 Å². The molecule has 4 rings (SSSR count). The number of nitrogens with zero attached hydrogens (tertiary/aromatic N) is 3. The average Bonchev–Trinajstić information content (AvgIpc) is 3.13. The smallest absolute Gasteiger partial charge is 0.363 e. The molecule has 2 heterocycles. The minimum atomic E-state index is -0.447. The number of carbonyl (C=O) groups is 1. The van der Waals surface area contributed by atoms with Crippen molar-refractivity contribution >= 4 is 28.7 Å². The Balaban J connectivity index is 1.72. The first-order valence-corrected chi connectivity index (χ1v) is 7.19. The maximum atomic E-state index is 12.0. The average molecular weight is 303 g/mol. The van der Waals surface area contributed by atoms with E-state index >= 15 is 0 Å². The normalized spacial score (nSPS) is 16.0. The number of hydrogen-bond donors (Lipinski definition) is 0. The fraction of sp³-hybridized carbons (Fsp3) is 0.0556. The zero-order chi connectivity index (χ0) is 15.8. The second kappa shape index (κ2) is 5.21. The highest BCUT2D eigenvalue weighted by Gasteiger charge is 2.24. The van der Waals surface area contributed by atoms with Gasteiger partial charge in [-0.1, -0.05) is 30.3 Å². The summed E-state index contributed by atoms with van der Waals surface area (Å²) in [7, 11) is 1.82. The molecule has 0 unspecified atom stereocenters. The van der Waals surface area contributed by atoms with Crippen LogP contribution in [0.15, 0.2) is 65.5 Å². The van der Waals surface area contributed by atoms with E-state index in [2.05, 4.69) is 10.1 Å². The fourth-order valence-corrected chi connectivity index (χ4v) is 2.53. The first kappa shape index (κ1) is 13.5. The molecule has 0 atom stereocenters. The SMILES string of the molecule is Cn1cc(/C=C2\N=C(c3ccc4ccccc4c3)OC2=O)cn1. The molecule has 2 aromatic carbocycles. The van der Waals surface area contributed by atoms with Crippen LogP contribution >= 0.6 is 0 Å². The number of aryl methyl sites for hydroxylation is 1. The predicted octanol–water partition coefficient (Wildman–Crippen LogP) is 2.92. The van der Waals surface area contributed by atoms with Crippen LogP contribution in [-0.4, -0.2) is 21.6 Å². The molecule has 0 saturated carbocycles. The molecule has 5 heteroatoms. The Morgan fingerprint density at radius 2 is 1.96 bits per heavy atom. The molecule has 5 nitrogen and oxygen atoms in total. The minimum Gasteiger partial charge on any atom is -0.402 e. The molecule has 23 heavy (non-hydrogen) atoms. The predicted molar refractivity (Wildman–Crippen MR) is 87.8 cm³/mol. The van der Waals surface area contributed by atoms with Gasteiger partial charge in [-0.25, -0.2) is 9.79 Å². The van der Waals surface area contributed by atoms with Gasteiger partial charge in [0.05, 0.1) is 6.20 Å². The molecule has 1 aliphatic rings. The standard InChI is InChI=1S/C18H13N3O2/c1-21-11-12(10-19-21)8-16-18(22)23-17(20-16)15-7-6-13-4-2-3-5-14(13)9-15/h2-11H,1H3/b16-8-. The van der Waals surface area contributed by atoms with E-state index in [0.717, 1.165) is 21.9 Å². The topological polar surface area (TPSA) is 56.5 Å². The quantitative estimate of drug-likeness (QED) is 0.540. The van der Waals surface area contributed by atoms with Crippen molar-refractivity contribution in [2.24, 2.45) is 12.0 Å². The zero-order valence-electron chi connectivity index (χ0n) is 12.4. The van der Waals surface area contributed by atoms with Crippen molar-refractivity contribution in [1.29, 1.82) is 0 Å². The molecule has 0 saturated heterocycles. The first-order chi connectivity index (χ1) is 11.2. The number of esters is 1. The number of aromatic nitrogens is 2. The van der Waals surface area contributed by atoms with Crippen molar-refractivity contribution in [1.82, 2.24) is 9.78 Å². The number of carbonyl (C=O) groups excluding carboxylic acids is 1. The summed E-state index contributed by atoms with van der Waals surface area (Å²) >= 11 is 0. The van der Waals surface area contributed by atoms with Crippen LogP contribution in [-0.2, 0) is 16.6 Å². The Bertz CT molecular complexity index is 983. The molecule has 0 amide bonds. The minimum absolute atomic E-state index is 0.279. The number of rotatable bonds is 2. The molecule has 1 aromatic heterocycles. The lowest BCUT2D eigenvalue weighted by molar-refractivity contribution is -0.129. The molecule has 0 spiro atoms. The van der Waals surface area contributed by atoms with Crippen LogP contribution < -0.4 is 0 Å². The van der Waals surface area contributed by atoms with Gasteiger partial charge in [0, 0.05) is 24.4 Å². The summed E-state index contributed by atoms with van der Waals surface area (Å²) in [6, 6.07) is 13.9. The first-order valence-electron chi connectivity index (χ1n) is 7.19. The third kappa shape index (κ3) is 2.53. The van der Waals surface area contributed by atoms with Crippen molar-refractivity contribution < 1.29 is 9.53 Å². The third-order valence-electron chi connectivity index (χ3n) is 3.65. The molecule has 112 valence electrons. The molecule has 0 radical (unpaired) electrons. The molecule has 0 bridgehead atoms. The highest BCUT2D eigenvalue weighted by atomic mass is 16.6. The van der Waals surface area contributed by atoms with E-state index in [1.807, 2.05) is 55.7 Å². The largest absolute Gasteiger partial charge is 0.402 e. The van der Waals surface area contributed by atoms with Gasteiger partial charge in [-0.05, 0) is 29.0 Å². The van der Waals surface area contributed by atoms with Crippen LogP contribution in [0.5, 0.6) is 0 Å². The number of cyclic esters (lactones) is 1. The van der Waals surface area contributed by atoms with Crippen molar-refractivity contribution in [2.75, 3.05) is 0 Å². The van der Waals surface area contributed by atoms with Crippen molar-refractivity contribution in [3.8, 4) is 0 Å². The monoisotopic (exact) mass is 303 g/mol. The van der Waals surface area contributed by atoms with Crippen LogP contribution in [0.2, 0.25) is 0 Å². The van der Waals surface area contributed by atoms with E-state index in [0.29, 0.717) is 5.90 Å². The van der Waals surface area contributed by atoms with Gasteiger partial charge < -0.3 is 4.74 Å². The van der Waals surface area contributed by atoms with Crippen LogP contribution in [0.3, 0.4) is 0 Å². The highest BCUT2D eigenvalue weighted by Crippen LogP contribution is 2.22. The molecule has 0 aliphatic carbocycles. The summed E-state index contributed by atoms with van der Waals surface area (Å²) in [5.41, 5.74) is 1.87. The summed E-state index contributed by atoms with van der Waals surface area (Å²) in [5.74, 6) is -0.118. The number of aliphatic imine (C=N–C) groups is 1. The van der Waals surface area contributed by atoms with E-state index in [1.165, 1.54) is 0 Å². The Kier molecular flexibility index (Phi) is 3.05. The van der Waals surface area contributed by atoms with Crippen molar-refractivity contribution in [3.05, 3.63) is 71.7 Å². The van der Waals surface area contributed by atoms with Crippen LogP contribution in [0.25, 0.3) is 16.8 Å². The van der Waals surface area contributed by atoms with Crippen LogP contribution in [0.1, 0.15) is 11.1 Å². The van der Waals surface area contributed by atoms with Gasteiger partial charge in [0.25, 0.3) is 0 Å². The van der Waals surface area contributed by atoms with Gasteiger partial charge in [0.1, 0.15) is 0 Å². The second-order valence-corrected chi connectivity index (χ2v) is 5.35. The lowest BCUT2D eigenvalue weighted by Gasteiger charge is -2.02. The molecule has 1 aliphatic heterocycles. The summed E-state index contributed by atoms with van der Waals surface area (Å²) in [4.78, 5) is 16.3. The Morgan fingerprint density at radius 3 is 2.74 bits per heavy atom. The maximum absolute atomic E-state index is 12.0. The summed E-state index contributed by atoms with van der Waals surface area (Å²) in [6.07, 6.45) is 5.15. The van der Waals surface area contributed by atoms with Gasteiger partial charge in [0.15, 0.2) is 5.70 Å². The number of hydrogen-bond acceptors (Lipinski definition) is 4. The molecule has 0 N–H and O–H groups in total. The lowest BCUT2D eigenvalue weighted by atomic mass is 10.1. The van der Waals surface area contributed by atoms with Gasteiger partial charge in [-0.15, -0.1) is 0 Å². The van der Waals surface area contributed by atoms with E-state index in [-0.39, 0.29) is 5.70 Å². The fourth-order valence-electron chi connectivity index (χ4n) is 2.53. The molecule has 0 fully saturated rings. The van der Waals surface area contributed by atoms with Crippen LogP contribution in [0, 0.1) is 0 Å². The third-order valence-corrected chi connectivity index (χ3v) is 3.65. The van der Waals surface area contributed by atoms with Gasteiger partial charge >= 0.3 is 5.97 Å². The lowest BCUT2D eigenvalue weighted by Crippen LogP contribution is -2.05. The van der Waals surface area contributed by atoms with Gasteiger partial charge in [-0.3, -0.25) is 4.68 Å². The van der Waals surface area contributed by atoms with Gasteiger partial charge in [-0.2, -0.15) is 5.10 Å². The second-order valence-electron chi connectivity index (χ2n) is 5.35. The Labute approximate surface area is 132 Å². The van der Waals surface area contributed by atoms with E-state index in [9.17, 15) is 4.79 Å².